The number of aromatic nitrogens is 2. The number of piperidine rings is 1. The predicted molar refractivity (Wildman–Crippen MR) is 123 cm³/mol. The quantitative estimate of drug-likeness (QED) is 0.294. The van der Waals surface area contributed by atoms with Gasteiger partial charge in [0.2, 0.25) is 0 Å². The van der Waals surface area contributed by atoms with E-state index in [0.29, 0.717) is 12.0 Å². The fourth-order valence-electron chi connectivity index (χ4n) is 3.63. The molecule has 1 saturated heterocycles. The van der Waals surface area contributed by atoms with Crippen LogP contribution in [0.15, 0.2) is 54.0 Å². The maximum atomic E-state index is 4.90. The largest absolute Gasteiger partial charge is 0.357 e. The van der Waals surface area contributed by atoms with Crippen LogP contribution < -0.4 is 5.32 Å². The first-order valence-corrected chi connectivity index (χ1v) is 9.82. The smallest absolute Gasteiger partial charge is 0.193 e. The molecule has 1 aromatic heterocycles. The van der Waals surface area contributed by atoms with Crippen LogP contribution >= 0.6 is 24.0 Å². The molecule has 1 N–H and O–H groups in total. The van der Waals surface area contributed by atoms with Crippen molar-refractivity contribution in [3.8, 4) is 0 Å². The number of hydrogen-bond acceptors (Lipinski definition) is 2. The SMILES string of the molecule is CCNC(=NCCCc1ccccc1)N1CCC(C)C(n2ccnc2)C1.I. The Morgan fingerprint density at radius 3 is 2.81 bits per heavy atom. The number of hydrogen-bond donors (Lipinski definition) is 1. The normalized spacial score (nSPS) is 20.2. The molecular weight excluding hydrogens is 449 g/mol. The standard InChI is InChI=1S/C21H31N5.HI/c1-3-23-21(24-12-7-10-19-8-5-4-6-9-19)25-14-11-18(2)20(16-25)26-15-13-22-17-26;/h4-6,8-9,13,15,17-18,20H,3,7,10-12,14,16H2,1-2H3,(H,23,24);1H. The van der Waals surface area contributed by atoms with Gasteiger partial charge in [-0.2, -0.15) is 0 Å². The molecule has 1 aliphatic heterocycles. The van der Waals surface area contributed by atoms with Gasteiger partial charge in [0.1, 0.15) is 0 Å². The van der Waals surface area contributed by atoms with Gasteiger partial charge in [-0.1, -0.05) is 37.3 Å². The summed E-state index contributed by atoms with van der Waals surface area (Å²) in [5, 5.41) is 3.48. The number of nitrogens with zero attached hydrogens (tertiary/aromatic N) is 4. The second-order valence-electron chi connectivity index (χ2n) is 7.11. The van der Waals surface area contributed by atoms with Crippen molar-refractivity contribution in [1.29, 1.82) is 0 Å². The first-order valence-electron chi connectivity index (χ1n) is 9.82. The zero-order valence-electron chi connectivity index (χ0n) is 16.4. The summed E-state index contributed by atoms with van der Waals surface area (Å²) < 4.78 is 2.25. The summed E-state index contributed by atoms with van der Waals surface area (Å²) in [6, 6.07) is 11.1. The van der Waals surface area contributed by atoms with Crippen molar-refractivity contribution >= 4 is 29.9 Å². The van der Waals surface area contributed by atoms with E-state index in [1.165, 1.54) is 12.0 Å². The highest BCUT2D eigenvalue weighted by Gasteiger charge is 2.28. The Hall–Kier alpha value is -1.57. The lowest BCUT2D eigenvalue weighted by Gasteiger charge is -2.39. The van der Waals surface area contributed by atoms with Gasteiger partial charge in [0, 0.05) is 38.6 Å². The molecule has 5 nitrogen and oxygen atoms in total. The zero-order valence-corrected chi connectivity index (χ0v) is 18.8. The van der Waals surface area contributed by atoms with E-state index in [1.54, 1.807) is 0 Å². The first-order chi connectivity index (χ1) is 12.8. The van der Waals surface area contributed by atoms with Crippen molar-refractivity contribution in [2.75, 3.05) is 26.2 Å². The van der Waals surface area contributed by atoms with E-state index in [4.69, 9.17) is 4.99 Å². The molecular formula is C21H32IN5. The van der Waals surface area contributed by atoms with Crippen LogP contribution in [0, 0.1) is 5.92 Å². The summed E-state index contributed by atoms with van der Waals surface area (Å²) in [6.07, 6.45) is 9.22. The number of guanidine groups is 1. The summed E-state index contributed by atoms with van der Waals surface area (Å²) in [7, 11) is 0. The van der Waals surface area contributed by atoms with E-state index in [1.807, 2.05) is 12.5 Å². The highest BCUT2D eigenvalue weighted by molar-refractivity contribution is 14.0. The van der Waals surface area contributed by atoms with E-state index >= 15 is 0 Å². The molecule has 2 atom stereocenters. The molecule has 1 aromatic carbocycles. The Morgan fingerprint density at radius 1 is 1.30 bits per heavy atom. The number of imidazole rings is 1. The highest BCUT2D eigenvalue weighted by Crippen LogP contribution is 2.27. The van der Waals surface area contributed by atoms with E-state index < -0.39 is 0 Å². The van der Waals surface area contributed by atoms with Crippen molar-refractivity contribution in [3.63, 3.8) is 0 Å². The predicted octanol–water partition coefficient (Wildman–Crippen LogP) is 3.98. The molecule has 0 spiro atoms. The van der Waals surface area contributed by atoms with Gasteiger partial charge in [-0.25, -0.2) is 4.98 Å². The van der Waals surface area contributed by atoms with Gasteiger partial charge in [-0.3, -0.25) is 4.99 Å². The van der Waals surface area contributed by atoms with Crippen LogP contribution in [0.25, 0.3) is 0 Å². The van der Waals surface area contributed by atoms with Crippen molar-refractivity contribution in [2.45, 2.75) is 39.2 Å². The second kappa shape index (κ2) is 11.3. The molecule has 0 bridgehead atoms. The number of rotatable bonds is 6. The third kappa shape index (κ3) is 6.23. The Balaban J connectivity index is 0.00000261. The van der Waals surface area contributed by atoms with Gasteiger partial charge in [-0.15, -0.1) is 24.0 Å². The molecule has 0 amide bonds. The molecule has 3 rings (SSSR count). The second-order valence-corrected chi connectivity index (χ2v) is 7.11. The number of aryl methyl sites for hydroxylation is 1. The van der Waals surface area contributed by atoms with Crippen LogP contribution in [-0.4, -0.2) is 46.6 Å². The van der Waals surface area contributed by atoms with Gasteiger partial charge in [0.15, 0.2) is 5.96 Å². The van der Waals surface area contributed by atoms with Gasteiger partial charge in [-0.05, 0) is 37.7 Å². The van der Waals surface area contributed by atoms with Gasteiger partial charge in [0.25, 0.3) is 0 Å². The molecule has 0 saturated carbocycles. The summed E-state index contributed by atoms with van der Waals surface area (Å²) in [6.45, 7) is 8.29. The van der Waals surface area contributed by atoms with Crippen molar-refractivity contribution in [3.05, 3.63) is 54.6 Å². The Bertz CT molecular complexity index is 671. The minimum absolute atomic E-state index is 0. The van der Waals surface area contributed by atoms with Gasteiger partial charge >= 0.3 is 0 Å². The molecule has 0 radical (unpaired) electrons. The fraction of sp³-hybridized carbons (Fsp3) is 0.524. The highest BCUT2D eigenvalue weighted by atomic mass is 127. The topological polar surface area (TPSA) is 45.5 Å². The Kier molecular flexibility index (Phi) is 9.10. The minimum Gasteiger partial charge on any atom is -0.357 e. The van der Waals surface area contributed by atoms with Crippen LogP contribution in [0.2, 0.25) is 0 Å². The molecule has 27 heavy (non-hydrogen) atoms. The third-order valence-electron chi connectivity index (χ3n) is 5.19. The van der Waals surface area contributed by atoms with Crippen LogP contribution in [0.1, 0.15) is 38.3 Å². The summed E-state index contributed by atoms with van der Waals surface area (Å²) in [4.78, 5) is 11.5. The molecule has 6 heteroatoms. The molecule has 2 aromatic rings. The lowest BCUT2D eigenvalue weighted by atomic mass is 9.93. The van der Waals surface area contributed by atoms with E-state index in [0.717, 1.165) is 45.0 Å². The van der Waals surface area contributed by atoms with Crippen LogP contribution in [0.4, 0.5) is 0 Å². The Morgan fingerprint density at radius 2 is 2.11 bits per heavy atom. The maximum Gasteiger partial charge on any atom is 0.193 e. The van der Waals surface area contributed by atoms with Gasteiger partial charge < -0.3 is 14.8 Å². The summed E-state index contributed by atoms with van der Waals surface area (Å²) >= 11 is 0. The minimum atomic E-state index is 0. The number of halogens is 1. The average Bonchev–Trinajstić information content (AvgIpc) is 3.20. The zero-order chi connectivity index (χ0) is 18.2. The Labute approximate surface area is 180 Å². The first kappa shape index (κ1) is 21.7. The molecule has 1 fully saturated rings. The van der Waals surface area contributed by atoms with E-state index in [2.05, 4.69) is 70.1 Å². The lowest BCUT2D eigenvalue weighted by Crippen LogP contribution is -2.49. The van der Waals surface area contributed by atoms with Gasteiger partial charge in [0.05, 0.1) is 12.4 Å². The number of benzene rings is 1. The summed E-state index contributed by atoms with van der Waals surface area (Å²) in [5.41, 5.74) is 1.39. The molecule has 2 unspecified atom stereocenters. The van der Waals surface area contributed by atoms with Crippen molar-refractivity contribution in [1.82, 2.24) is 19.8 Å². The molecule has 148 valence electrons. The third-order valence-corrected chi connectivity index (χ3v) is 5.19. The maximum absolute atomic E-state index is 4.90. The van der Waals surface area contributed by atoms with Crippen LogP contribution in [-0.2, 0) is 6.42 Å². The van der Waals surface area contributed by atoms with Crippen LogP contribution in [0.3, 0.4) is 0 Å². The molecule has 0 aliphatic carbocycles. The number of likely N-dealkylation sites (tertiary alicyclic amines) is 1. The van der Waals surface area contributed by atoms with Crippen LogP contribution in [0.5, 0.6) is 0 Å². The molecule has 2 heterocycles. The summed E-state index contributed by atoms with van der Waals surface area (Å²) in [5.74, 6) is 1.71. The van der Waals surface area contributed by atoms with Crippen molar-refractivity contribution < 1.29 is 0 Å². The number of nitrogens with one attached hydrogen (secondary N) is 1. The monoisotopic (exact) mass is 481 g/mol. The molecule has 1 aliphatic rings. The lowest BCUT2D eigenvalue weighted by molar-refractivity contribution is 0.189. The fourth-order valence-corrected chi connectivity index (χ4v) is 3.63. The van der Waals surface area contributed by atoms with Crippen molar-refractivity contribution in [2.24, 2.45) is 10.9 Å². The average molecular weight is 481 g/mol. The number of aliphatic imine (C=N–C) groups is 1. The van der Waals surface area contributed by atoms with E-state index in [-0.39, 0.29) is 24.0 Å². The van der Waals surface area contributed by atoms with E-state index in [9.17, 15) is 0 Å².